The number of Topliss-reactive ketones (excluding diaryl/α,β-unsaturated/α-hetero) is 1. The van der Waals surface area contributed by atoms with Gasteiger partial charge in [-0.05, 0) is 18.9 Å². The van der Waals surface area contributed by atoms with E-state index in [0.29, 0.717) is 5.56 Å². The first-order valence-electron chi connectivity index (χ1n) is 4.46. The van der Waals surface area contributed by atoms with Crippen LogP contribution in [0.15, 0.2) is 24.3 Å². The first-order valence-corrected chi connectivity index (χ1v) is 4.46. The molecule has 0 heterocycles. The van der Waals surface area contributed by atoms with E-state index >= 15 is 0 Å². The predicted molar refractivity (Wildman–Crippen MR) is 51.8 cm³/mol. The van der Waals surface area contributed by atoms with Crippen molar-refractivity contribution in [2.45, 2.75) is 26.4 Å². The highest BCUT2D eigenvalue weighted by Crippen LogP contribution is 2.07. The summed E-state index contributed by atoms with van der Waals surface area (Å²) in [4.78, 5) is 11.3. The van der Waals surface area contributed by atoms with E-state index in [1.165, 1.54) is 12.5 Å². The van der Waals surface area contributed by atoms with Crippen LogP contribution in [0, 0.1) is 0 Å². The molecule has 1 aromatic rings. The molecule has 1 aromatic carbocycles. The number of hydrogen-bond acceptors (Lipinski definition) is 2. The van der Waals surface area contributed by atoms with E-state index < -0.39 is 6.10 Å². The van der Waals surface area contributed by atoms with Crippen molar-refractivity contribution in [3.05, 3.63) is 35.4 Å². The molecule has 0 fully saturated rings. The Balaban J connectivity index is 2.86. The smallest absolute Gasteiger partial charge is 0.190 e. The van der Waals surface area contributed by atoms with Crippen molar-refractivity contribution in [1.29, 1.82) is 0 Å². The van der Waals surface area contributed by atoms with Gasteiger partial charge in [-0.3, -0.25) is 4.79 Å². The van der Waals surface area contributed by atoms with E-state index in [2.05, 4.69) is 6.92 Å². The minimum atomic E-state index is -0.910. The third-order valence-electron chi connectivity index (χ3n) is 2.03. The molecule has 2 nitrogen and oxygen atoms in total. The van der Waals surface area contributed by atoms with Crippen molar-refractivity contribution in [2.24, 2.45) is 0 Å². The molecular weight excluding hydrogens is 164 g/mol. The largest absolute Gasteiger partial charge is 0.385 e. The van der Waals surface area contributed by atoms with Crippen molar-refractivity contribution >= 4 is 5.78 Å². The molecule has 0 aliphatic heterocycles. The molecular formula is C11H14O2. The Kier molecular flexibility index (Phi) is 3.20. The molecule has 0 saturated heterocycles. The van der Waals surface area contributed by atoms with Gasteiger partial charge in [0.2, 0.25) is 0 Å². The van der Waals surface area contributed by atoms with Crippen LogP contribution in [0.2, 0.25) is 0 Å². The summed E-state index contributed by atoms with van der Waals surface area (Å²) >= 11 is 0. The Bertz CT molecular complexity index is 285. The SMILES string of the molecule is CCc1ccc(C(=O)C(C)O)cc1. The number of carbonyl (C=O) groups excluding carboxylic acids is 1. The molecule has 13 heavy (non-hydrogen) atoms. The molecule has 1 rings (SSSR count). The molecule has 0 saturated carbocycles. The Hall–Kier alpha value is -1.15. The van der Waals surface area contributed by atoms with Gasteiger partial charge in [-0.1, -0.05) is 31.2 Å². The second kappa shape index (κ2) is 4.19. The van der Waals surface area contributed by atoms with Gasteiger partial charge in [-0.25, -0.2) is 0 Å². The maximum Gasteiger partial charge on any atom is 0.190 e. The first-order chi connectivity index (χ1) is 6.15. The molecule has 0 aliphatic rings. The highest BCUT2D eigenvalue weighted by atomic mass is 16.3. The molecule has 0 amide bonds. The third-order valence-corrected chi connectivity index (χ3v) is 2.03. The lowest BCUT2D eigenvalue weighted by atomic mass is 10.0. The van der Waals surface area contributed by atoms with Crippen LogP contribution in [0.3, 0.4) is 0 Å². The molecule has 0 aromatic heterocycles. The molecule has 2 heteroatoms. The number of ketones is 1. The normalized spacial score (nSPS) is 12.5. The lowest BCUT2D eigenvalue weighted by Gasteiger charge is -2.03. The van der Waals surface area contributed by atoms with Crippen LogP contribution in [0.4, 0.5) is 0 Å². The molecule has 0 aliphatic carbocycles. The number of aryl methyl sites for hydroxylation is 1. The summed E-state index contributed by atoms with van der Waals surface area (Å²) in [5.41, 5.74) is 1.77. The lowest BCUT2D eigenvalue weighted by Crippen LogP contribution is -2.15. The minimum Gasteiger partial charge on any atom is -0.385 e. The summed E-state index contributed by atoms with van der Waals surface area (Å²) in [5, 5.41) is 9.05. The van der Waals surface area contributed by atoms with E-state index in [-0.39, 0.29) is 5.78 Å². The third kappa shape index (κ3) is 2.39. The average molecular weight is 178 g/mol. The van der Waals surface area contributed by atoms with E-state index in [1.54, 1.807) is 12.1 Å². The zero-order valence-corrected chi connectivity index (χ0v) is 7.95. The molecule has 70 valence electrons. The maximum absolute atomic E-state index is 11.3. The van der Waals surface area contributed by atoms with Crippen LogP contribution in [0.25, 0.3) is 0 Å². The minimum absolute atomic E-state index is 0.220. The highest BCUT2D eigenvalue weighted by Gasteiger charge is 2.10. The van der Waals surface area contributed by atoms with Crippen molar-refractivity contribution in [3.8, 4) is 0 Å². The van der Waals surface area contributed by atoms with Gasteiger partial charge in [0, 0.05) is 5.56 Å². The Morgan fingerprint density at radius 1 is 1.38 bits per heavy atom. The van der Waals surface area contributed by atoms with Crippen molar-refractivity contribution in [3.63, 3.8) is 0 Å². The van der Waals surface area contributed by atoms with Gasteiger partial charge in [-0.2, -0.15) is 0 Å². The number of benzene rings is 1. The van der Waals surface area contributed by atoms with E-state index in [1.807, 2.05) is 12.1 Å². The Labute approximate surface area is 78.2 Å². The quantitative estimate of drug-likeness (QED) is 0.717. The molecule has 0 radical (unpaired) electrons. The first kappa shape index (κ1) is 9.93. The summed E-state index contributed by atoms with van der Waals surface area (Å²) in [7, 11) is 0. The Morgan fingerprint density at radius 3 is 2.31 bits per heavy atom. The van der Waals surface area contributed by atoms with Crippen LogP contribution < -0.4 is 0 Å². The summed E-state index contributed by atoms with van der Waals surface area (Å²) in [6.45, 7) is 3.54. The number of rotatable bonds is 3. The molecule has 1 N–H and O–H groups in total. The van der Waals surface area contributed by atoms with Crippen molar-refractivity contribution in [1.82, 2.24) is 0 Å². The fourth-order valence-electron chi connectivity index (χ4n) is 1.15. The fraction of sp³-hybridized carbons (Fsp3) is 0.364. The summed E-state index contributed by atoms with van der Waals surface area (Å²) in [5.74, 6) is -0.220. The molecule has 0 spiro atoms. The Morgan fingerprint density at radius 2 is 1.92 bits per heavy atom. The zero-order chi connectivity index (χ0) is 9.84. The number of carbonyl (C=O) groups is 1. The van der Waals surface area contributed by atoms with Gasteiger partial charge < -0.3 is 5.11 Å². The van der Waals surface area contributed by atoms with E-state index in [9.17, 15) is 4.79 Å². The van der Waals surface area contributed by atoms with Gasteiger partial charge in [0.05, 0.1) is 0 Å². The van der Waals surface area contributed by atoms with Gasteiger partial charge in [0.15, 0.2) is 5.78 Å². The van der Waals surface area contributed by atoms with Gasteiger partial charge in [0.1, 0.15) is 6.10 Å². The van der Waals surface area contributed by atoms with Crippen LogP contribution in [0.1, 0.15) is 29.8 Å². The van der Waals surface area contributed by atoms with Crippen LogP contribution in [0.5, 0.6) is 0 Å². The topological polar surface area (TPSA) is 37.3 Å². The summed E-state index contributed by atoms with van der Waals surface area (Å²) < 4.78 is 0. The van der Waals surface area contributed by atoms with Crippen LogP contribution >= 0.6 is 0 Å². The summed E-state index contributed by atoms with van der Waals surface area (Å²) in [6.07, 6.45) is 0.0517. The standard InChI is InChI=1S/C11H14O2/c1-3-9-4-6-10(7-5-9)11(13)8(2)12/h4-8,12H,3H2,1-2H3. The van der Waals surface area contributed by atoms with Crippen LogP contribution in [-0.2, 0) is 6.42 Å². The highest BCUT2D eigenvalue weighted by molar-refractivity contribution is 5.99. The van der Waals surface area contributed by atoms with Crippen molar-refractivity contribution in [2.75, 3.05) is 0 Å². The number of hydrogen-bond donors (Lipinski definition) is 1. The van der Waals surface area contributed by atoms with Gasteiger partial charge in [0.25, 0.3) is 0 Å². The second-order valence-corrected chi connectivity index (χ2v) is 3.09. The molecule has 1 unspecified atom stereocenters. The maximum atomic E-state index is 11.3. The van der Waals surface area contributed by atoms with Gasteiger partial charge in [-0.15, -0.1) is 0 Å². The van der Waals surface area contributed by atoms with Gasteiger partial charge >= 0.3 is 0 Å². The summed E-state index contributed by atoms with van der Waals surface area (Å²) in [6, 6.07) is 7.34. The number of aliphatic hydroxyl groups excluding tert-OH is 1. The molecule has 1 atom stereocenters. The van der Waals surface area contributed by atoms with Crippen LogP contribution in [-0.4, -0.2) is 17.0 Å². The second-order valence-electron chi connectivity index (χ2n) is 3.09. The zero-order valence-electron chi connectivity index (χ0n) is 7.95. The van der Waals surface area contributed by atoms with E-state index in [4.69, 9.17) is 5.11 Å². The number of aliphatic hydroxyl groups is 1. The van der Waals surface area contributed by atoms with Crippen molar-refractivity contribution < 1.29 is 9.90 Å². The fourth-order valence-corrected chi connectivity index (χ4v) is 1.15. The molecule has 0 bridgehead atoms. The predicted octanol–water partition coefficient (Wildman–Crippen LogP) is 1.81. The van der Waals surface area contributed by atoms with E-state index in [0.717, 1.165) is 6.42 Å². The average Bonchev–Trinajstić information content (AvgIpc) is 2.17. The monoisotopic (exact) mass is 178 g/mol. The lowest BCUT2D eigenvalue weighted by molar-refractivity contribution is 0.0779.